The van der Waals surface area contributed by atoms with Gasteiger partial charge in [-0.1, -0.05) is 49.6 Å². The van der Waals surface area contributed by atoms with Gasteiger partial charge in [-0.2, -0.15) is 14.9 Å². The number of hydrogen-bond donors (Lipinski definition) is 1. The first kappa shape index (κ1) is 20.6. The van der Waals surface area contributed by atoms with Gasteiger partial charge in [0.05, 0.1) is 24.7 Å². The molecule has 2 aromatic carbocycles. The summed E-state index contributed by atoms with van der Waals surface area (Å²) >= 11 is 6.20. The van der Waals surface area contributed by atoms with Crippen LogP contribution in [0.15, 0.2) is 70.7 Å². The molecule has 0 aliphatic heterocycles. The van der Waals surface area contributed by atoms with E-state index in [0.29, 0.717) is 11.4 Å². The van der Waals surface area contributed by atoms with E-state index in [0.717, 1.165) is 24.3 Å². The van der Waals surface area contributed by atoms with Crippen LogP contribution in [0.4, 0.5) is 5.69 Å². The Labute approximate surface area is 174 Å². The van der Waals surface area contributed by atoms with Gasteiger partial charge in [0, 0.05) is 0 Å². The first-order valence-electron chi connectivity index (χ1n) is 9.54. The van der Waals surface area contributed by atoms with E-state index in [1.54, 1.807) is 18.3 Å². The standard InChI is InChI=1S/C22H23ClN4O2/c1-2-3-7-14-29-19-12-10-17(11-13-19)15-24-26-20-16-25-27(22(28)21(20)23)18-8-5-4-6-9-18/h4-6,8-13,15-16,26H,2-3,7,14H2,1H3/b24-15-. The maximum atomic E-state index is 12.5. The molecule has 1 heterocycles. The lowest BCUT2D eigenvalue weighted by atomic mass is 10.2. The van der Waals surface area contributed by atoms with Gasteiger partial charge in [0.25, 0.3) is 5.56 Å². The Bertz CT molecular complexity index is 1000. The lowest BCUT2D eigenvalue weighted by Gasteiger charge is -2.07. The molecule has 0 saturated carbocycles. The van der Waals surface area contributed by atoms with E-state index in [4.69, 9.17) is 16.3 Å². The van der Waals surface area contributed by atoms with Crippen molar-refractivity contribution in [1.29, 1.82) is 0 Å². The lowest BCUT2D eigenvalue weighted by Crippen LogP contribution is -2.22. The molecule has 29 heavy (non-hydrogen) atoms. The van der Waals surface area contributed by atoms with Gasteiger partial charge in [-0.25, -0.2) is 0 Å². The van der Waals surface area contributed by atoms with Crippen LogP contribution >= 0.6 is 11.6 Å². The Morgan fingerprint density at radius 3 is 2.62 bits per heavy atom. The zero-order valence-corrected chi connectivity index (χ0v) is 17.0. The van der Waals surface area contributed by atoms with Crippen LogP contribution in [0.1, 0.15) is 31.7 Å². The van der Waals surface area contributed by atoms with Crippen molar-refractivity contribution in [3.05, 3.63) is 81.7 Å². The van der Waals surface area contributed by atoms with Crippen molar-refractivity contribution in [3.63, 3.8) is 0 Å². The minimum absolute atomic E-state index is 0.0248. The molecule has 0 aliphatic carbocycles. The van der Waals surface area contributed by atoms with Crippen LogP contribution in [0.5, 0.6) is 5.75 Å². The fourth-order valence-electron chi connectivity index (χ4n) is 2.63. The highest BCUT2D eigenvalue weighted by Gasteiger charge is 2.09. The zero-order chi connectivity index (χ0) is 20.5. The Kier molecular flexibility index (Phi) is 7.41. The molecule has 7 heteroatoms. The number of hydrazone groups is 1. The Hall–Kier alpha value is -3.12. The SMILES string of the molecule is CCCCCOc1ccc(/C=N\Nc2cnn(-c3ccccc3)c(=O)c2Cl)cc1. The number of aromatic nitrogens is 2. The second-order valence-electron chi connectivity index (χ2n) is 6.42. The predicted octanol–water partition coefficient (Wildman–Crippen LogP) is 4.90. The van der Waals surface area contributed by atoms with Gasteiger partial charge in [-0.3, -0.25) is 10.2 Å². The molecule has 0 radical (unpaired) electrons. The number of nitrogens with one attached hydrogen (secondary N) is 1. The zero-order valence-electron chi connectivity index (χ0n) is 16.2. The number of anilines is 1. The summed E-state index contributed by atoms with van der Waals surface area (Å²) in [6.07, 6.45) is 6.51. The van der Waals surface area contributed by atoms with Crippen molar-refractivity contribution in [3.8, 4) is 11.4 Å². The van der Waals surface area contributed by atoms with Gasteiger partial charge in [0.1, 0.15) is 16.5 Å². The minimum Gasteiger partial charge on any atom is -0.494 e. The third-order valence-electron chi connectivity index (χ3n) is 4.22. The predicted molar refractivity (Wildman–Crippen MR) is 118 cm³/mol. The second kappa shape index (κ2) is 10.4. The summed E-state index contributed by atoms with van der Waals surface area (Å²) in [4.78, 5) is 12.5. The molecule has 6 nitrogen and oxygen atoms in total. The van der Waals surface area contributed by atoms with Crippen LogP contribution in [-0.4, -0.2) is 22.6 Å². The number of nitrogens with zero attached hydrogens (tertiary/aromatic N) is 3. The van der Waals surface area contributed by atoms with Crippen LogP contribution in [0, 0.1) is 0 Å². The Morgan fingerprint density at radius 2 is 1.90 bits per heavy atom. The van der Waals surface area contributed by atoms with E-state index in [1.165, 1.54) is 23.7 Å². The molecule has 150 valence electrons. The van der Waals surface area contributed by atoms with Crippen molar-refractivity contribution >= 4 is 23.5 Å². The molecule has 0 aliphatic rings. The summed E-state index contributed by atoms with van der Waals surface area (Å²) in [5.74, 6) is 0.836. The molecule has 0 unspecified atom stereocenters. The van der Waals surface area contributed by atoms with Gasteiger partial charge < -0.3 is 4.74 Å². The number of hydrogen-bond acceptors (Lipinski definition) is 5. The van der Waals surface area contributed by atoms with Crippen LogP contribution in [0.2, 0.25) is 5.02 Å². The summed E-state index contributed by atoms with van der Waals surface area (Å²) in [6, 6.07) is 16.7. The van der Waals surface area contributed by atoms with Crippen molar-refractivity contribution in [2.45, 2.75) is 26.2 Å². The molecule has 0 fully saturated rings. The third kappa shape index (κ3) is 5.68. The van der Waals surface area contributed by atoms with Crippen molar-refractivity contribution in [2.75, 3.05) is 12.0 Å². The average Bonchev–Trinajstić information content (AvgIpc) is 2.76. The molecular formula is C22H23ClN4O2. The molecule has 3 aromatic rings. The first-order valence-corrected chi connectivity index (χ1v) is 9.92. The minimum atomic E-state index is -0.414. The van der Waals surface area contributed by atoms with E-state index < -0.39 is 5.56 Å². The van der Waals surface area contributed by atoms with Crippen molar-refractivity contribution < 1.29 is 4.74 Å². The highest BCUT2D eigenvalue weighted by atomic mass is 35.5. The van der Waals surface area contributed by atoms with E-state index in [9.17, 15) is 4.79 Å². The van der Waals surface area contributed by atoms with Gasteiger partial charge in [0.2, 0.25) is 0 Å². The number of benzene rings is 2. The molecule has 0 spiro atoms. The normalized spacial score (nSPS) is 11.0. The van der Waals surface area contributed by atoms with Crippen molar-refractivity contribution in [1.82, 2.24) is 9.78 Å². The number of rotatable bonds is 9. The van der Waals surface area contributed by atoms with Crippen LogP contribution < -0.4 is 15.7 Å². The lowest BCUT2D eigenvalue weighted by molar-refractivity contribution is 0.306. The van der Waals surface area contributed by atoms with Crippen LogP contribution in [-0.2, 0) is 0 Å². The maximum Gasteiger partial charge on any atom is 0.292 e. The van der Waals surface area contributed by atoms with E-state index in [2.05, 4.69) is 22.5 Å². The average molecular weight is 411 g/mol. The molecule has 0 bridgehead atoms. The summed E-state index contributed by atoms with van der Waals surface area (Å²) in [5.41, 5.74) is 4.24. The van der Waals surface area contributed by atoms with Gasteiger partial charge in [-0.05, 0) is 48.4 Å². The molecule has 1 aromatic heterocycles. The molecule has 0 saturated heterocycles. The van der Waals surface area contributed by atoms with Gasteiger partial charge in [-0.15, -0.1) is 0 Å². The summed E-state index contributed by atoms with van der Waals surface area (Å²) in [7, 11) is 0. The van der Waals surface area contributed by atoms with Crippen LogP contribution in [0.3, 0.4) is 0 Å². The van der Waals surface area contributed by atoms with Gasteiger partial charge >= 0.3 is 0 Å². The topological polar surface area (TPSA) is 68.5 Å². The number of para-hydroxylation sites is 1. The second-order valence-corrected chi connectivity index (χ2v) is 6.80. The molecular weight excluding hydrogens is 388 g/mol. The summed E-state index contributed by atoms with van der Waals surface area (Å²) in [5, 5.41) is 8.32. The summed E-state index contributed by atoms with van der Waals surface area (Å²) in [6.45, 7) is 2.89. The van der Waals surface area contributed by atoms with Crippen LogP contribution in [0.25, 0.3) is 5.69 Å². The van der Waals surface area contributed by atoms with Crippen molar-refractivity contribution in [2.24, 2.45) is 5.10 Å². The van der Waals surface area contributed by atoms with E-state index in [-0.39, 0.29) is 5.02 Å². The monoisotopic (exact) mass is 410 g/mol. The molecule has 3 rings (SSSR count). The fraction of sp³-hybridized carbons (Fsp3) is 0.227. The Morgan fingerprint density at radius 1 is 1.14 bits per heavy atom. The largest absolute Gasteiger partial charge is 0.494 e. The smallest absolute Gasteiger partial charge is 0.292 e. The number of halogens is 1. The van der Waals surface area contributed by atoms with Gasteiger partial charge in [0.15, 0.2) is 0 Å². The number of unbranched alkanes of at least 4 members (excludes halogenated alkanes) is 2. The Balaban J connectivity index is 1.62. The van der Waals surface area contributed by atoms with E-state index >= 15 is 0 Å². The number of ether oxygens (including phenoxy) is 1. The van der Waals surface area contributed by atoms with E-state index in [1.807, 2.05) is 42.5 Å². The fourth-order valence-corrected chi connectivity index (χ4v) is 2.80. The molecule has 1 N–H and O–H groups in total. The molecule has 0 amide bonds. The molecule has 0 atom stereocenters. The first-order chi connectivity index (χ1) is 14.2. The quantitative estimate of drug-likeness (QED) is 0.309. The highest BCUT2D eigenvalue weighted by molar-refractivity contribution is 6.32. The maximum absolute atomic E-state index is 12.5. The highest BCUT2D eigenvalue weighted by Crippen LogP contribution is 2.17. The summed E-state index contributed by atoms with van der Waals surface area (Å²) < 4.78 is 6.94. The third-order valence-corrected chi connectivity index (χ3v) is 4.58.